The van der Waals surface area contributed by atoms with Crippen molar-refractivity contribution in [1.29, 1.82) is 0 Å². The lowest BCUT2D eigenvalue weighted by Crippen LogP contribution is -2.04. The van der Waals surface area contributed by atoms with Crippen molar-refractivity contribution in [3.05, 3.63) is 52.7 Å². The van der Waals surface area contributed by atoms with Gasteiger partial charge in [0.1, 0.15) is 0 Å². The SMILES string of the molecule is Cc1ccc(CNc2nc(Cl)ncc2F)cc1. The van der Waals surface area contributed by atoms with Crippen LogP contribution in [0.5, 0.6) is 0 Å². The Morgan fingerprint density at radius 3 is 2.71 bits per heavy atom. The summed E-state index contributed by atoms with van der Waals surface area (Å²) in [6, 6.07) is 7.95. The molecule has 1 N–H and O–H groups in total. The second-order valence-electron chi connectivity index (χ2n) is 3.67. The molecule has 0 saturated carbocycles. The van der Waals surface area contributed by atoms with Crippen molar-refractivity contribution in [3.63, 3.8) is 0 Å². The van der Waals surface area contributed by atoms with Crippen molar-refractivity contribution in [2.75, 3.05) is 5.32 Å². The molecular formula is C12H11ClFN3. The predicted octanol–water partition coefficient (Wildman–Crippen LogP) is 3.19. The van der Waals surface area contributed by atoms with Crippen molar-refractivity contribution in [3.8, 4) is 0 Å². The molecule has 0 spiro atoms. The van der Waals surface area contributed by atoms with E-state index < -0.39 is 5.82 Å². The zero-order valence-electron chi connectivity index (χ0n) is 9.24. The lowest BCUT2D eigenvalue weighted by Gasteiger charge is -2.06. The Hall–Kier alpha value is -1.68. The van der Waals surface area contributed by atoms with E-state index >= 15 is 0 Å². The van der Waals surface area contributed by atoms with E-state index in [9.17, 15) is 4.39 Å². The molecule has 0 atom stereocenters. The van der Waals surface area contributed by atoms with Crippen LogP contribution in [0.4, 0.5) is 10.2 Å². The first-order chi connectivity index (χ1) is 8.15. The number of halogens is 2. The van der Waals surface area contributed by atoms with Crippen LogP contribution in [-0.4, -0.2) is 9.97 Å². The largest absolute Gasteiger partial charge is 0.363 e. The average molecular weight is 252 g/mol. The minimum atomic E-state index is -0.512. The van der Waals surface area contributed by atoms with Gasteiger partial charge in [0.2, 0.25) is 5.28 Å². The second-order valence-corrected chi connectivity index (χ2v) is 4.01. The Kier molecular flexibility index (Phi) is 3.54. The Labute approximate surface area is 104 Å². The highest BCUT2D eigenvalue weighted by molar-refractivity contribution is 6.28. The number of hydrogen-bond donors (Lipinski definition) is 1. The summed E-state index contributed by atoms with van der Waals surface area (Å²) in [5.41, 5.74) is 2.23. The first kappa shape index (κ1) is 11.8. The molecule has 0 saturated heterocycles. The molecule has 1 aromatic heterocycles. The monoisotopic (exact) mass is 251 g/mol. The summed E-state index contributed by atoms with van der Waals surface area (Å²) in [6.45, 7) is 2.51. The summed E-state index contributed by atoms with van der Waals surface area (Å²) in [5, 5.41) is 2.90. The van der Waals surface area contributed by atoms with Gasteiger partial charge in [0.25, 0.3) is 0 Å². The maximum absolute atomic E-state index is 13.3. The van der Waals surface area contributed by atoms with Gasteiger partial charge in [-0.2, -0.15) is 4.98 Å². The number of aryl methyl sites for hydroxylation is 1. The molecule has 1 heterocycles. The summed E-state index contributed by atoms with van der Waals surface area (Å²) >= 11 is 5.59. The van der Waals surface area contributed by atoms with Crippen LogP contribution >= 0.6 is 11.6 Å². The molecule has 1 aromatic carbocycles. The van der Waals surface area contributed by atoms with E-state index in [0.29, 0.717) is 6.54 Å². The zero-order valence-corrected chi connectivity index (χ0v) is 10.0. The molecule has 88 valence electrons. The minimum Gasteiger partial charge on any atom is -0.363 e. The fraction of sp³-hybridized carbons (Fsp3) is 0.167. The van der Waals surface area contributed by atoms with Gasteiger partial charge in [0.15, 0.2) is 11.6 Å². The van der Waals surface area contributed by atoms with Crippen molar-refractivity contribution in [1.82, 2.24) is 9.97 Å². The topological polar surface area (TPSA) is 37.8 Å². The van der Waals surface area contributed by atoms with Gasteiger partial charge in [0.05, 0.1) is 6.20 Å². The average Bonchev–Trinajstić information content (AvgIpc) is 2.32. The van der Waals surface area contributed by atoms with E-state index in [1.807, 2.05) is 31.2 Å². The molecule has 0 unspecified atom stereocenters. The van der Waals surface area contributed by atoms with E-state index in [4.69, 9.17) is 11.6 Å². The molecule has 0 aliphatic heterocycles. The molecule has 3 nitrogen and oxygen atoms in total. The number of nitrogens with one attached hydrogen (secondary N) is 1. The first-order valence-corrected chi connectivity index (χ1v) is 5.50. The predicted molar refractivity (Wildman–Crippen MR) is 65.5 cm³/mol. The lowest BCUT2D eigenvalue weighted by molar-refractivity contribution is 0.616. The molecule has 5 heteroatoms. The summed E-state index contributed by atoms with van der Waals surface area (Å²) in [5.74, 6) is -0.396. The molecule has 2 rings (SSSR count). The van der Waals surface area contributed by atoms with Crippen LogP contribution in [0.1, 0.15) is 11.1 Å². The quantitative estimate of drug-likeness (QED) is 0.852. The maximum atomic E-state index is 13.3. The van der Waals surface area contributed by atoms with E-state index in [1.165, 1.54) is 5.56 Å². The highest BCUT2D eigenvalue weighted by atomic mass is 35.5. The Bertz CT molecular complexity index is 514. The Morgan fingerprint density at radius 2 is 2.00 bits per heavy atom. The molecule has 0 bridgehead atoms. The number of benzene rings is 1. The molecular weight excluding hydrogens is 241 g/mol. The van der Waals surface area contributed by atoms with Gasteiger partial charge >= 0.3 is 0 Å². The van der Waals surface area contributed by atoms with Gasteiger partial charge in [0, 0.05) is 6.54 Å². The third-order valence-electron chi connectivity index (χ3n) is 2.30. The fourth-order valence-corrected chi connectivity index (χ4v) is 1.49. The normalized spacial score (nSPS) is 10.3. The molecule has 0 radical (unpaired) electrons. The van der Waals surface area contributed by atoms with E-state index in [-0.39, 0.29) is 11.1 Å². The Balaban J connectivity index is 2.07. The molecule has 2 aromatic rings. The highest BCUT2D eigenvalue weighted by Gasteiger charge is 2.05. The van der Waals surface area contributed by atoms with Crippen molar-refractivity contribution >= 4 is 17.4 Å². The molecule has 0 aliphatic carbocycles. The fourth-order valence-electron chi connectivity index (χ4n) is 1.36. The van der Waals surface area contributed by atoms with Crippen LogP contribution in [0.25, 0.3) is 0 Å². The Morgan fingerprint density at radius 1 is 1.29 bits per heavy atom. The maximum Gasteiger partial charge on any atom is 0.224 e. The smallest absolute Gasteiger partial charge is 0.224 e. The third-order valence-corrected chi connectivity index (χ3v) is 2.48. The van der Waals surface area contributed by atoms with Crippen LogP contribution < -0.4 is 5.32 Å². The van der Waals surface area contributed by atoms with Crippen LogP contribution in [-0.2, 0) is 6.54 Å². The molecule has 0 amide bonds. The van der Waals surface area contributed by atoms with Gasteiger partial charge in [-0.1, -0.05) is 29.8 Å². The number of nitrogens with zero attached hydrogens (tertiary/aromatic N) is 2. The number of anilines is 1. The van der Waals surface area contributed by atoms with Crippen LogP contribution in [0.15, 0.2) is 30.5 Å². The van der Waals surface area contributed by atoms with Gasteiger partial charge in [-0.05, 0) is 24.1 Å². The molecule has 17 heavy (non-hydrogen) atoms. The van der Waals surface area contributed by atoms with E-state index in [0.717, 1.165) is 11.8 Å². The van der Waals surface area contributed by atoms with E-state index in [1.54, 1.807) is 0 Å². The van der Waals surface area contributed by atoms with Crippen molar-refractivity contribution in [2.24, 2.45) is 0 Å². The molecule has 0 fully saturated rings. The van der Waals surface area contributed by atoms with Crippen LogP contribution in [0.2, 0.25) is 5.28 Å². The summed E-state index contributed by atoms with van der Waals surface area (Å²) < 4.78 is 13.3. The highest BCUT2D eigenvalue weighted by Crippen LogP contribution is 2.13. The van der Waals surface area contributed by atoms with E-state index in [2.05, 4.69) is 15.3 Å². The lowest BCUT2D eigenvalue weighted by atomic mass is 10.1. The summed E-state index contributed by atoms with van der Waals surface area (Å²) in [4.78, 5) is 7.32. The van der Waals surface area contributed by atoms with Gasteiger partial charge in [-0.15, -0.1) is 0 Å². The van der Waals surface area contributed by atoms with Gasteiger partial charge < -0.3 is 5.32 Å². The summed E-state index contributed by atoms with van der Waals surface area (Å²) in [7, 11) is 0. The second kappa shape index (κ2) is 5.10. The zero-order chi connectivity index (χ0) is 12.3. The number of aromatic nitrogens is 2. The number of hydrogen-bond acceptors (Lipinski definition) is 3. The standard InChI is InChI=1S/C12H11ClFN3/c1-8-2-4-9(5-3-8)6-15-11-10(14)7-16-12(13)17-11/h2-5,7H,6H2,1H3,(H,15,16,17). The van der Waals surface area contributed by atoms with Gasteiger partial charge in [-0.3, -0.25) is 0 Å². The first-order valence-electron chi connectivity index (χ1n) is 5.12. The van der Waals surface area contributed by atoms with Crippen molar-refractivity contribution < 1.29 is 4.39 Å². The molecule has 0 aliphatic rings. The number of rotatable bonds is 3. The summed E-state index contributed by atoms with van der Waals surface area (Å²) in [6.07, 6.45) is 1.05. The third kappa shape index (κ3) is 3.14. The van der Waals surface area contributed by atoms with Gasteiger partial charge in [-0.25, -0.2) is 9.37 Å². The van der Waals surface area contributed by atoms with Crippen LogP contribution in [0, 0.1) is 12.7 Å². The van der Waals surface area contributed by atoms with Crippen LogP contribution in [0.3, 0.4) is 0 Å². The minimum absolute atomic E-state index is 0.0257. The van der Waals surface area contributed by atoms with Crippen molar-refractivity contribution in [2.45, 2.75) is 13.5 Å².